The second kappa shape index (κ2) is 5.94. The number of carbonyl (C=O) groups is 1. The van der Waals surface area contributed by atoms with E-state index in [1.54, 1.807) is 13.0 Å². The van der Waals surface area contributed by atoms with Gasteiger partial charge in [0.2, 0.25) is 0 Å². The highest BCUT2D eigenvalue weighted by molar-refractivity contribution is 7.92. The second-order valence-corrected chi connectivity index (χ2v) is 6.63. The Hall–Kier alpha value is -2.12. The van der Waals surface area contributed by atoms with Crippen molar-refractivity contribution in [3.05, 3.63) is 58.4 Å². The zero-order valence-corrected chi connectivity index (χ0v) is 12.9. The minimum absolute atomic E-state index is 0.205. The Kier molecular flexibility index (Phi) is 4.39. The predicted molar refractivity (Wildman–Crippen MR) is 80.4 cm³/mol. The third-order valence-corrected chi connectivity index (χ3v) is 4.53. The molecule has 0 aromatic heterocycles. The number of nitrogens with one attached hydrogen (secondary N) is 1. The number of rotatable bonds is 4. The van der Waals surface area contributed by atoms with Gasteiger partial charge in [-0.1, -0.05) is 17.7 Å². The van der Waals surface area contributed by atoms with Crippen LogP contribution in [-0.2, 0) is 10.0 Å². The van der Waals surface area contributed by atoms with E-state index in [4.69, 9.17) is 16.7 Å². The summed E-state index contributed by atoms with van der Waals surface area (Å²) >= 11 is 5.74. The summed E-state index contributed by atoms with van der Waals surface area (Å²) in [5.41, 5.74) is 0.223. The fourth-order valence-electron chi connectivity index (χ4n) is 1.74. The van der Waals surface area contributed by atoms with Crippen LogP contribution in [0.15, 0.2) is 41.3 Å². The first-order chi connectivity index (χ1) is 10.2. The van der Waals surface area contributed by atoms with Crippen LogP contribution < -0.4 is 4.72 Å². The first-order valence-electron chi connectivity index (χ1n) is 6.02. The molecule has 2 aromatic carbocycles. The van der Waals surface area contributed by atoms with E-state index in [0.717, 1.165) is 18.2 Å². The predicted octanol–water partition coefficient (Wildman–Crippen LogP) is 3.29. The number of carboxylic acid groups (broad SMARTS) is 1. The molecule has 0 fully saturated rings. The molecule has 5 nitrogen and oxygen atoms in total. The minimum Gasteiger partial charge on any atom is -0.478 e. The van der Waals surface area contributed by atoms with Crippen molar-refractivity contribution in [2.45, 2.75) is 11.8 Å². The van der Waals surface area contributed by atoms with Crippen LogP contribution in [0.2, 0.25) is 5.02 Å². The lowest BCUT2D eigenvalue weighted by molar-refractivity contribution is 0.0697. The van der Waals surface area contributed by atoms with Gasteiger partial charge in [-0.05, 0) is 42.8 Å². The second-order valence-electron chi connectivity index (χ2n) is 4.54. The Morgan fingerprint density at radius 3 is 2.45 bits per heavy atom. The van der Waals surface area contributed by atoms with Gasteiger partial charge in [-0.2, -0.15) is 0 Å². The van der Waals surface area contributed by atoms with Crippen molar-refractivity contribution in [2.75, 3.05) is 4.72 Å². The Labute approximate surface area is 131 Å². The molecule has 0 atom stereocenters. The Bertz CT molecular complexity index is 852. The van der Waals surface area contributed by atoms with Crippen LogP contribution >= 0.6 is 11.6 Å². The van der Waals surface area contributed by atoms with Gasteiger partial charge in [0.1, 0.15) is 5.82 Å². The first-order valence-corrected chi connectivity index (χ1v) is 7.88. The Morgan fingerprint density at radius 1 is 1.23 bits per heavy atom. The number of halogens is 2. The van der Waals surface area contributed by atoms with Crippen molar-refractivity contribution in [2.24, 2.45) is 0 Å². The average molecular weight is 344 g/mol. The number of aryl methyl sites for hydroxylation is 1. The lowest BCUT2D eigenvalue weighted by Gasteiger charge is -2.10. The number of anilines is 1. The maximum atomic E-state index is 13.7. The number of hydrogen-bond acceptors (Lipinski definition) is 3. The maximum Gasteiger partial charge on any atom is 0.337 e. The third kappa shape index (κ3) is 3.37. The van der Waals surface area contributed by atoms with Gasteiger partial charge in [0.25, 0.3) is 10.0 Å². The highest BCUT2D eigenvalue weighted by Crippen LogP contribution is 2.24. The van der Waals surface area contributed by atoms with Gasteiger partial charge in [0.05, 0.1) is 21.2 Å². The van der Waals surface area contributed by atoms with Crippen LogP contribution in [0, 0.1) is 12.7 Å². The van der Waals surface area contributed by atoms with Crippen LogP contribution in [0.5, 0.6) is 0 Å². The molecule has 0 aliphatic heterocycles. The Morgan fingerprint density at radius 2 is 1.91 bits per heavy atom. The molecule has 2 rings (SSSR count). The van der Waals surface area contributed by atoms with Crippen LogP contribution in [-0.4, -0.2) is 19.5 Å². The van der Waals surface area contributed by atoms with Crippen molar-refractivity contribution in [3.63, 3.8) is 0 Å². The third-order valence-electron chi connectivity index (χ3n) is 2.85. The fourth-order valence-corrected chi connectivity index (χ4v) is 3.16. The van der Waals surface area contributed by atoms with E-state index in [-0.39, 0.29) is 21.2 Å². The largest absolute Gasteiger partial charge is 0.478 e. The normalized spacial score (nSPS) is 11.2. The van der Waals surface area contributed by atoms with E-state index >= 15 is 0 Å². The van der Waals surface area contributed by atoms with Gasteiger partial charge >= 0.3 is 5.97 Å². The molecule has 0 aliphatic carbocycles. The SMILES string of the molecule is Cc1ccc(NS(=O)(=O)c2ccc(C(=O)O)c(Cl)c2)c(F)c1. The molecule has 0 radical (unpaired) electrons. The van der Waals surface area contributed by atoms with Crippen molar-refractivity contribution >= 4 is 33.3 Å². The smallest absolute Gasteiger partial charge is 0.337 e. The lowest BCUT2D eigenvalue weighted by atomic mass is 10.2. The van der Waals surface area contributed by atoms with Crippen LogP contribution in [0.4, 0.5) is 10.1 Å². The zero-order chi connectivity index (χ0) is 16.5. The van der Waals surface area contributed by atoms with E-state index in [1.807, 2.05) is 0 Å². The van der Waals surface area contributed by atoms with Gasteiger partial charge in [-0.3, -0.25) is 4.72 Å². The molecule has 22 heavy (non-hydrogen) atoms. The highest BCUT2D eigenvalue weighted by Gasteiger charge is 2.19. The summed E-state index contributed by atoms with van der Waals surface area (Å²) in [5, 5.41) is 8.64. The summed E-state index contributed by atoms with van der Waals surface area (Å²) in [6.45, 7) is 1.67. The molecule has 0 saturated carbocycles. The van der Waals surface area contributed by atoms with Crippen LogP contribution in [0.3, 0.4) is 0 Å². The molecule has 2 N–H and O–H groups in total. The number of sulfonamides is 1. The lowest BCUT2D eigenvalue weighted by Crippen LogP contribution is -2.14. The molecular weight excluding hydrogens is 333 g/mol. The summed E-state index contributed by atoms with van der Waals surface area (Å²) in [6, 6.07) is 7.21. The molecule has 0 spiro atoms. The van der Waals surface area contributed by atoms with Crippen molar-refractivity contribution < 1.29 is 22.7 Å². The molecule has 8 heteroatoms. The molecule has 0 aliphatic rings. The molecule has 0 heterocycles. The highest BCUT2D eigenvalue weighted by atomic mass is 35.5. The van der Waals surface area contributed by atoms with E-state index in [2.05, 4.69) is 4.72 Å². The van der Waals surface area contributed by atoms with Gasteiger partial charge in [0.15, 0.2) is 0 Å². The van der Waals surface area contributed by atoms with Crippen molar-refractivity contribution in [1.82, 2.24) is 0 Å². The summed E-state index contributed by atoms with van der Waals surface area (Å²) in [7, 11) is -4.08. The molecule has 0 bridgehead atoms. The number of hydrogen-bond donors (Lipinski definition) is 2. The molecule has 2 aromatic rings. The Balaban J connectivity index is 2.38. The van der Waals surface area contributed by atoms with E-state index < -0.39 is 21.8 Å². The van der Waals surface area contributed by atoms with Crippen molar-refractivity contribution in [3.8, 4) is 0 Å². The van der Waals surface area contributed by atoms with Crippen molar-refractivity contribution in [1.29, 1.82) is 0 Å². The summed E-state index contributed by atoms with van der Waals surface area (Å²) in [6.07, 6.45) is 0. The quantitative estimate of drug-likeness (QED) is 0.892. The molecule has 0 amide bonds. The average Bonchev–Trinajstić information content (AvgIpc) is 2.41. The first kappa shape index (κ1) is 16.3. The van der Waals surface area contributed by atoms with Gasteiger partial charge in [0, 0.05) is 0 Å². The zero-order valence-electron chi connectivity index (χ0n) is 11.3. The van der Waals surface area contributed by atoms with Crippen LogP contribution in [0.25, 0.3) is 0 Å². The molecular formula is C14H11ClFNO4S. The summed E-state index contributed by atoms with van der Waals surface area (Å²) in [4.78, 5) is 10.6. The molecule has 0 saturated heterocycles. The van der Waals surface area contributed by atoms with Gasteiger partial charge < -0.3 is 5.11 Å². The molecule has 116 valence electrons. The monoisotopic (exact) mass is 343 g/mol. The van der Waals surface area contributed by atoms with Gasteiger partial charge in [-0.15, -0.1) is 0 Å². The van der Waals surface area contributed by atoms with Crippen LogP contribution in [0.1, 0.15) is 15.9 Å². The molecule has 0 unspecified atom stereocenters. The minimum atomic E-state index is -4.08. The number of aromatic carboxylic acids is 1. The maximum absolute atomic E-state index is 13.7. The topological polar surface area (TPSA) is 83.5 Å². The number of benzene rings is 2. The summed E-state index contributed by atoms with van der Waals surface area (Å²) < 4.78 is 40.2. The fraction of sp³-hybridized carbons (Fsp3) is 0.0714. The van der Waals surface area contributed by atoms with E-state index in [0.29, 0.717) is 5.56 Å². The standard InChI is InChI=1S/C14H11ClFNO4S/c1-8-2-5-13(12(16)6-8)17-22(20,21)9-3-4-10(14(18)19)11(15)7-9/h2-7,17H,1H3,(H,18,19). The van der Waals surface area contributed by atoms with Gasteiger partial charge in [-0.25, -0.2) is 17.6 Å². The number of carboxylic acids is 1. The van der Waals surface area contributed by atoms with E-state index in [9.17, 15) is 17.6 Å². The summed E-state index contributed by atoms with van der Waals surface area (Å²) in [5.74, 6) is -1.98. The van der Waals surface area contributed by atoms with E-state index in [1.165, 1.54) is 12.1 Å².